The van der Waals surface area contributed by atoms with E-state index in [1.807, 2.05) is 41.3 Å². The minimum atomic E-state index is -0.394. The number of nitrogens with zero attached hydrogens (tertiary/aromatic N) is 1. The number of anilines is 1. The first kappa shape index (κ1) is 22.1. The maximum Gasteiger partial charge on any atom is 0.316 e. The summed E-state index contributed by atoms with van der Waals surface area (Å²) in [6, 6.07) is 18.2. The third-order valence-electron chi connectivity index (χ3n) is 7.04. The van der Waals surface area contributed by atoms with Crippen LogP contribution in [0, 0.1) is 5.41 Å². The number of nitrogens with one attached hydrogen (secondary N) is 1. The highest BCUT2D eigenvalue weighted by Gasteiger charge is 2.49. The summed E-state index contributed by atoms with van der Waals surface area (Å²) < 4.78 is 5.15. The summed E-state index contributed by atoms with van der Waals surface area (Å²) in [7, 11) is 0. The molecule has 5 rings (SSSR count). The van der Waals surface area contributed by atoms with Gasteiger partial charge in [-0.2, -0.15) is 0 Å². The number of para-hydroxylation sites is 1. The van der Waals surface area contributed by atoms with Gasteiger partial charge < -0.3 is 10.1 Å². The highest BCUT2D eigenvalue weighted by Crippen LogP contribution is 2.53. The first-order valence-electron chi connectivity index (χ1n) is 11.9. The number of thioether (sulfide) groups is 1. The standard InChI is InChI=1S/C27H30N2O3S/c1-2-32-22(30)18-33-26-28-24-21-14-8-7-11-19(21)17-27(15-9-4-10-16-27)23(24)25(31)29(26)20-12-5-3-6-13-20/h3,5-8,11-14,26,28H,2,4,9-10,15-18H2,1H3/t26-/m0/s1. The molecular weight excluding hydrogens is 432 g/mol. The van der Waals surface area contributed by atoms with Gasteiger partial charge >= 0.3 is 5.97 Å². The molecule has 1 N–H and O–H groups in total. The van der Waals surface area contributed by atoms with E-state index in [2.05, 4.69) is 23.5 Å². The Balaban J connectivity index is 1.61. The summed E-state index contributed by atoms with van der Waals surface area (Å²) in [5.74, 6) is -0.0256. The van der Waals surface area contributed by atoms with E-state index in [1.165, 1.54) is 23.7 Å². The molecule has 1 heterocycles. The molecule has 1 saturated carbocycles. The Labute approximate surface area is 199 Å². The van der Waals surface area contributed by atoms with Crippen molar-refractivity contribution < 1.29 is 14.3 Å². The maximum atomic E-state index is 14.3. The molecule has 2 aromatic rings. The second-order valence-electron chi connectivity index (χ2n) is 9.05. The van der Waals surface area contributed by atoms with Crippen LogP contribution in [0.5, 0.6) is 0 Å². The van der Waals surface area contributed by atoms with Gasteiger partial charge in [-0.05, 0) is 43.9 Å². The molecule has 2 aliphatic carbocycles. The van der Waals surface area contributed by atoms with Crippen LogP contribution >= 0.6 is 11.8 Å². The number of hydrogen-bond acceptors (Lipinski definition) is 5. The van der Waals surface area contributed by atoms with Gasteiger partial charge in [0, 0.05) is 22.2 Å². The van der Waals surface area contributed by atoms with Crippen LogP contribution in [0.1, 0.15) is 50.2 Å². The molecule has 1 fully saturated rings. The van der Waals surface area contributed by atoms with E-state index in [0.717, 1.165) is 54.6 Å². The van der Waals surface area contributed by atoms with Crippen molar-refractivity contribution in [2.24, 2.45) is 5.41 Å². The van der Waals surface area contributed by atoms with Crippen molar-refractivity contribution in [3.05, 3.63) is 71.3 Å². The Morgan fingerprint density at radius 1 is 1.09 bits per heavy atom. The number of carbonyl (C=O) groups is 2. The first-order valence-corrected chi connectivity index (χ1v) is 12.9. The average Bonchev–Trinajstić information content (AvgIpc) is 2.84. The summed E-state index contributed by atoms with van der Waals surface area (Å²) >= 11 is 1.40. The molecule has 1 spiro atoms. The minimum Gasteiger partial charge on any atom is -0.465 e. The van der Waals surface area contributed by atoms with E-state index in [4.69, 9.17) is 4.74 Å². The highest BCUT2D eigenvalue weighted by molar-refractivity contribution is 8.00. The Hall–Kier alpha value is -2.73. The quantitative estimate of drug-likeness (QED) is 0.625. The fourth-order valence-corrected chi connectivity index (χ4v) is 6.58. The van der Waals surface area contributed by atoms with Gasteiger partial charge in [-0.25, -0.2) is 0 Å². The van der Waals surface area contributed by atoms with Crippen molar-refractivity contribution in [3.8, 4) is 0 Å². The van der Waals surface area contributed by atoms with Gasteiger partial charge in [0.1, 0.15) is 0 Å². The SMILES string of the molecule is CCOC(=O)CS[C@H]1NC2=C(C(=O)N1c1ccccc1)C1(CCCCC1)Cc1ccccc12. The monoisotopic (exact) mass is 462 g/mol. The molecule has 1 atom stereocenters. The maximum absolute atomic E-state index is 14.3. The number of amides is 1. The molecule has 1 aliphatic heterocycles. The van der Waals surface area contributed by atoms with Gasteiger partial charge in [-0.15, -0.1) is 11.8 Å². The van der Waals surface area contributed by atoms with Crippen LogP contribution in [-0.4, -0.2) is 29.7 Å². The summed E-state index contributed by atoms with van der Waals surface area (Å²) in [6.45, 7) is 2.16. The van der Waals surface area contributed by atoms with Crippen LogP contribution in [-0.2, 0) is 20.7 Å². The second-order valence-corrected chi connectivity index (χ2v) is 10.1. The molecule has 2 aromatic carbocycles. The molecule has 5 nitrogen and oxygen atoms in total. The largest absolute Gasteiger partial charge is 0.465 e. The van der Waals surface area contributed by atoms with Crippen molar-refractivity contribution in [3.63, 3.8) is 0 Å². The highest BCUT2D eigenvalue weighted by atomic mass is 32.2. The molecule has 33 heavy (non-hydrogen) atoms. The smallest absolute Gasteiger partial charge is 0.316 e. The molecule has 0 radical (unpaired) electrons. The van der Waals surface area contributed by atoms with Crippen molar-refractivity contribution in [1.82, 2.24) is 5.32 Å². The predicted octanol–water partition coefficient (Wildman–Crippen LogP) is 5.12. The molecule has 0 aromatic heterocycles. The third kappa shape index (κ3) is 4.05. The number of fused-ring (bicyclic) bond motifs is 3. The lowest BCUT2D eigenvalue weighted by molar-refractivity contribution is -0.139. The lowest BCUT2D eigenvalue weighted by Gasteiger charge is -2.49. The summed E-state index contributed by atoms with van der Waals surface area (Å²) in [5.41, 5.74) is 4.63. The summed E-state index contributed by atoms with van der Waals surface area (Å²) in [6.07, 6.45) is 6.53. The van der Waals surface area contributed by atoms with Crippen LogP contribution in [0.25, 0.3) is 5.70 Å². The normalized spacial score (nSPS) is 21.3. The van der Waals surface area contributed by atoms with Crippen molar-refractivity contribution in [2.75, 3.05) is 17.3 Å². The van der Waals surface area contributed by atoms with Crippen LogP contribution in [0.4, 0.5) is 5.69 Å². The molecule has 172 valence electrons. The molecular formula is C27H30N2O3S. The fourth-order valence-electron chi connectivity index (χ4n) is 5.63. The van der Waals surface area contributed by atoms with Crippen LogP contribution < -0.4 is 10.2 Å². The zero-order valence-corrected chi connectivity index (χ0v) is 19.8. The molecule has 3 aliphatic rings. The Morgan fingerprint density at radius 2 is 1.82 bits per heavy atom. The van der Waals surface area contributed by atoms with Gasteiger partial charge in [-0.1, -0.05) is 61.7 Å². The van der Waals surface area contributed by atoms with E-state index in [-0.39, 0.29) is 23.0 Å². The van der Waals surface area contributed by atoms with E-state index >= 15 is 0 Å². The number of benzene rings is 2. The number of ether oxygens (including phenoxy) is 1. The molecule has 0 saturated heterocycles. The average molecular weight is 463 g/mol. The number of hydrogen-bond donors (Lipinski definition) is 1. The second kappa shape index (κ2) is 9.26. The van der Waals surface area contributed by atoms with Gasteiger partial charge in [0.2, 0.25) is 0 Å². The summed E-state index contributed by atoms with van der Waals surface area (Å²) in [5, 5.41) is 3.70. The fraction of sp³-hybridized carbons (Fsp3) is 0.407. The van der Waals surface area contributed by atoms with Crippen molar-refractivity contribution in [2.45, 2.75) is 50.9 Å². The van der Waals surface area contributed by atoms with E-state index in [9.17, 15) is 9.59 Å². The number of carbonyl (C=O) groups excluding carboxylic acids is 2. The van der Waals surface area contributed by atoms with E-state index < -0.39 is 5.50 Å². The van der Waals surface area contributed by atoms with Gasteiger partial charge in [0.05, 0.1) is 18.1 Å². The summed E-state index contributed by atoms with van der Waals surface area (Å²) in [4.78, 5) is 28.3. The van der Waals surface area contributed by atoms with Crippen LogP contribution in [0.2, 0.25) is 0 Å². The van der Waals surface area contributed by atoms with Crippen molar-refractivity contribution in [1.29, 1.82) is 0 Å². The lowest BCUT2D eigenvalue weighted by atomic mass is 9.61. The van der Waals surface area contributed by atoms with Gasteiger partial charge in [0.15, 0.2) is 5.50 Å². The topological polar surface area (TPSA) is 58.6 Å². The zero-order valence-electron chi connectivity index (χ0n) is 19.0. The Bertz CT molecular complexity index is 1080. The molecule has 1 amide bonds. The Kier molecular flexibility index (Phi) is 6.19. The molecule has 6 heteroatoms. The molecule has 0 bridgehead atoms. The van der Waals surface area contributed by atoms with E-state index in [1.54, 1.807) is 6.92 Å². The zero-order chi connectivity index (χ0) is 22.8. The predicted molar refractivity (Wildman–Crippen MR) is 133 cm³/mol. The third-order valence-corrected chi connectivity index (χ3v) is 8.09. The lowest BCUT2D eigenvalue weighted by Crippen LogP contribution is -2.56. The van der Waals surface area contributed by atoms with Crippen LogP contribution in [0.15, 0.2) is 60.2 Å². The van der Waals surface area contributed by atoms with Gasteiger partial charge in [0.25, 0.3) is 5.91 Å². The van der Waals surface area contributed by atoms with Crippen LogP contribution in [0.3, 0.4) is 0 Å². The van der Waals surface area contributed by atoms with E-state index in [0.29, 0.717) is 6.61 Å². The Morgan fingerprint density at radius 3 is 2.58 bits per heavy atom. The minimum absolute atomic E-state index is 0.0627. The van der Waals surface area contributed by atoms with Gasteiger partial charge in [-0.3, -0.25) is 14.5 Å². The molecule has 0 unspecified atom stereocenters. The number of esters is 1. The number of rotatable bonds is 5. The first-order chi connectivity index (χ1) is 16.1. The van der Waals surface area contributed by atoms with Crippen molar-refractivity contribution >= 4 is 35.0 Å².